The molecule has 0 bridgehead atoms. The van der Waals surface area contributed by atoms with Gasteiger partial charge in [-0.15, -0.1) is 0 Å². The van der Waals surface area contributed by atoms with Crippen molar-refractivity contribution in [1.29, 1.82) is 0 Å². The van der Waals surface area contributed by atoms with Crippen molar-refractivity contribution in [1.82, 2.24) is 0 Å². The lowest BCUT2D eigenvalue weighted by Crippen LogP contribution is -2.41. The van der Waals surface area contributed by atoms with E-state index in [9.17, 15) is 9.18 Å². The summed E-state index contributed by atoms with van der Waals surface area (Å²) in [6.07, 6.45) is 2.07. The molecule has 0 unspecified atom stereocenters. The molecule has 1 aromatic carbocycles. The summed E-state index contributed by atoms with van der Waals surface area (Å²) in [5, 5.41) is 3.23. The largest absolute Gasteiger partial charge is 0.465 e. The zero-order valence-corrected chi connectivity index (χ0v) is 11.1. The van der Waals surface area contributed by atoms with Crippen LogP contribution in [0.15, 0.2) is 18.2 Å². The Hall–Kier alpha value is -1.62. The van der Waals surface area contributed by atoms with Crippen LogP contribution in [0, 0.1) is 5.82 Å². The minimum atomic E-state index is -0.539. The molecule has 0 spiro atoms. The van der Waals surface area contributed by atoms with Crippen molar-refractivity contribution in [3.63, 3.8) is 0 Å². The highest BCUT2D eigenvalue weighted by Crippen LogP contribution is 2.28. The Morgan fingerprint density at radius 1 is 1.47 bits per heavy atom. The van der Waals surface area contributed by atoms with Crippen molar-refractivity contribution in [2.45, 2.75) is 31.9 Å². The van der Waals surface area contributed by atoms with Gasteiger partial charge >= 0.3 is 5.97 Å². The molecule has 0 aliphatic heterocycles. The summed E-state index contributed by atoms with van der Waals surface area (Å²) in [4.78, 5) is 11.6. The van der Waals surface area contributed by atoms with E-state index in [1.807, 2.05) is 6.92 Å². The summed E-state index contributed by atoms with van der Waals surface area (Å²) >= 11 is 0. The van der Waals surface area contributed by atoms with E-state index in [0.29, 0.717) is 12.3 Å². The molecule has 1 saturated carbocycles. The van der Waals surface area contributed by atoms with Gasteiger partial charge in [-0.25, -0.2) is 9.18 Å². The lowest BCUT2D eigenvalue weighted by atomic mass is 9.89. The number of carbonyl (C=O) groups is 1. The van der Waals surface area contributed by atoms with Crippen molar-refractivity contribution in [2.75, 3.05) is 19.0 Å². The van der Waals surface area contributed by atoms with E-state index in [-0.39, 0.29) is 17.7 Å². The van der Waals surface area contributed by atoms with Crippen molar-refractivity contribution in [3.8, 4) is 0 Å². The first kappa shape index (κ1) is 13.8. The lowest BCUT2D eigenvalue weighted by Gasteiger charge is -2.36. The Balaban J connectivity index is 2.02. The SMILES string of the molecule is CCOC1CC(Nc2ccc(F)cc2C(=O)OC)C1. The van der Waals surface area contributed by atoms with E-state index in [1.165, 1.54) is 19.2 Å². The summed E-state index contributed by atoms with van der Waals surface area (Å²) in [7, 11) is 1.28. The standard InChI is InChI=1S/C14H18FNO3/c1-3-19-11-7-10(8-11)16-13-5-4-9(15)6-12(13)14(17)18-2/h4-6,10-11,16H,3,7-8H2,1-2H3. The number of hydrogen-bond donors (Lipinski definition) is 1. The maximum Gasteiger partial charge on any atom is 0.340 e. The molecule has 104 valence electrons. The highest BCUT2D eigenvalue weighted by Gasteiger charge is 2.30. The van der Waals surface area contributed by atoms with Crippen molar-refractivity contribution in [2.24, 2.45) is 0 Å². The number of esters is 1. The van der Waals surface area contributed by atoms with Crippen LogP contribution in [0.4, 0.5) is 10.1 Å². The van der Waals surface area contributed by atoms with Gasteiger partial charge < -0.3 is 14.8 Å². The molecule has 0 atom stereocenters. The van der Waals surface area contributed by atoms with E-state index in [2.05, 4.69) is 10.1 Å². The average Bonchev–Trinajstić information content (AvgIpc) is 2.37. The highest BCUT2D eigenvalue weighted by molar-refractivity contribution is 5.95. The van der Waals surface area contributed by atoms with Crippen molar-refractivity contribution >= 4 is 11.7 Å². The smallest absolute Gasteiger partial charge is 0.340 e. The predicted octanol–water partition coefficient (Wildman–Crippen LogP) is 2.59. The third kappa shape index (κ3) is 3.23. The van der Waals surface area contributed by atoms with Gasteiger partial charge in [0.15, 0.2) is 0 Å². The van der Waals surface area contributed by atoms with Crippen LogP contribution in [-0.4, -0.2) is 31.8 Å². The number of rotatable bonds is 5. The normalized spacial score (nSPS) is 21.6. The van der Waals surface area contributed by atoms with Crippen LogP contribution in [0.3, 0.4) is 0 Å². The predicted molar refractivity (Wildman–Crippen MR) is 69.8 cm³/mol. The molecule has 2 rings (SSSR count). The van der Waals surface area contributed by atoms with Gasteiger partial charge in [-0.3, -0.25) is 0 Å². The van der Waals surface area contributed by atoms with Crippen LogP contribution >= 0.6 is 0 Å². The van der Waals surface area contributed by atoms with Gasteiger partial charge in [-0.05, 0) is 38.0 Å². The van der Waals surface area contributed by atoms with Crippen LogP contribution in [0.5, 0.6) is 0 Å². The molecule has 1 fully saturated rings. The zero-order valence-electron chi connectivity index (χ0n) is 11.1. The molecule has 4 nitrogen and oxygen atoms in total. The quantitative estimate of drug-likeness (QED) is 0.833. The summed E-state index contributed by atoms with van der Waals surface area (Å²) in [5.41, 5.74) is 0.829. The van der Waals surface area contributed by atoms with Gasteiger partial charge in [-0.2, -0.15) is 0 Å². The molecule has 1 N–H and O–H groups in total. The molecule has 5 heteroatoms. The second-order valence-electron chi connectivity index (χ2n) is 4.57. The van der Waals surface area contributed by atoms with Crippen LogP contribution in [0.25, 0.3) is 0 Å². The molecule has 1 aliphatic rings. The molecule has 1 aliphatic carbocycles. The Kier molecular flexibility index (Phi) is 4.37. The number of benzene rings is 1. The van der Waals surface area contributed by atoms with E-state index in [0.717, 1.165) is 12.8 Å². The average molecular weight is 267 g/mol. The number of ether oxygens (including phenoxy) is 2. The topological polar surface area (TPSA) is 47.6 Å². The lowest BCUT2D eigenvalue weighted by molar-refractivity contribution is 0.00298. The first-order valence-corrected chi connectivity index (χ1v) is 6.40. The number of hydrogen-bond acceptors (Lipinski definition) is 4. The molecule has 0 heterocycles. The Bertz CT molecular complexity index is 458. The van der Waals surface area contributed by atoms with Crippen LogP contribution in [-0.2, 0) is 9.47 Å². The maximum absolute atomic E-state index is 13.2. The molecule has 0 saturated heterocycles. The highest BCUT2D eigenvalue weighted by atomic mass is 19.1. The summed E-state index contributed by atoms with van der Waals surface area (Å²) < 4.78 is 23.3. The summed E-state index contributed by atoms with van der Waals surface area (Å²) in [6.45, 7) is 2.68. The Labute approximate surface area is 111 Å². The fourth-order valence-corrected chi connectivity index (χ4v) is 2.20. The number of carbonyl (C=O) groups excluding carboxylic acids is 1. The van der Waals surface area contributed by atoms with Crippen LogP contribution in [0.2, 0.25) is 0 Å². The molecule has 0 amide bonds. The third-order valence-electron chi connectivity index (χ3n) is 3.24. The van der Waals surface area contributed by atoms with Crippen molar-refractivity contribution < 1.29 is 18.7 Å². The fourth-order valence-electron chi connectivity index (χ4n) is 2.20. The zero-order chi connectivity index (χ0) is 13.8. The molecular formula is C14H18FNO3. The molecular weight excluding hydrogens is 249 g/mol. The second-order valence-corrected chi connectivity index (χ2v) is 4.57. The molecule has 0 radical (unpaired) electrons. The maximum atomic E-state index is 13.2. The Morgan fingerprint density at radius 2 is 2.21 bits per heavy atom. The third-order valence-corrected chi connectivity index (χ3v) is 3.24. The number of nitrogens with one attached hydrogen (secondary N) is 1. The van der Waals surface area contributed by atoms with Gasteiger partial charge in [0.05, 0.1) is 18.8 Å². The number of halogens is 1. The first-order chi connectivity index (χ1) is 9.13. The Morgan fingerprint density at radius 3 is 2.84 bits per heavy atom. The van der Waals surface area contributed by atoms with Gasteiger partial charge in [0.25, 0.3) is 0 Å². The van der Waals surface area contributed by atoms with Gasteiger partial charge in [0.1, 0.15) is 5.82 Å². The minimum Gasteiger partial charge on any atom is -0.465 e. The first-order valence-electron chi connectivity index (χ1n) is 6.40. The number of anilines is 1. The fraction of sp³-hybridized carbons (Fsp3) is 0.500. The minimum absolute atomic E-state index is 0.224. The van der Waals surface area contributed by atoms with E-state index < -0.39 is 11.8 Å². The van der Waals surface area contributed by atoms with Crippen LogP contribution in [0.1, 0.15) is 30.1 Å². The summed E-state index contributed by atoms with van der Waals surface area (Å²) in [5.74, 6) is -0.991. The summed E-state index contributed by atoms with van der Waals surface area (Å²) in [6, 6.07) is 4.33. The molecule has 0 aromatic heterocycles. The van der Waals surface area contributed by atoms with Gasteiger partial charge in [-0.1, -0.05) is 0 Å². The van der Waals surface area contributed by atoms with Gasteiger partial charge in [0, 0.05) is 18.3 Å². The van der Waals surface area contributed by atoms with E-state index in [1.54, 1.807) is 6.07 Å². The number of methoxy groups -OCH3 is 1. The van der Waals surface area contributed by atoms with Gasteiger partial charge in [0.2, 0.25) is 0 Å². The second kappa shape index (κ2) is 6.02. The molecule has 1 aromatic rings. The van der Waals surface area contributed by atoms with E-state index >= 15 is 0 Å². The van der Waals surface area contributed by atoms with Crippen LogP contribution < -0.4 is 5.32 Å². The van der Waals surface area contributed by atoms with Crippen molar-refractivity contribution in [3.05, 3.63) is 29.6 Å². The molecule has 19 heavy (non-hydrogen) atoms. The monoisotopic (exact) mass is 267 g/mol. The van der Waals surface area contributed by atoms with E-state index in [4.69, 9.17) is 4.74 Å².